The summed E-state index contributed by atoms with van der Waals surface area (Å²) in [5.74, 6) is -0.276. The van der Waals surface area contributed by atoms with E-state index in [0.717, 1.165) is 16.7 Å². The van der Waals surface area contributed by atoms with Crippen molar-refractivity contribution in [1.29, 1.82) is 0 Å². The number of hydrogen-bond donors (Lipinski definition) is 0. The molecular formula is C11H14O3. The van der Waals surface area contributed by atoms with E-state index in [1.807, 2.05) is 6.92 Å². The molecule has 0 amide bonds. The molecule has 0 aliphatic heterocycles. The largest absolute Gasteiger partial charge is 0.463 e. The molecule has 14 heavy (non-hydrogen) atoms. The Morgan fingerprint density at radius 2 is 2.07 bits per heavy atom. The lowest BCUT2D eigenvalue weighted by Crippen LogP contribution is -2.01. The van der Waals surface area contributed by atoms with Crippen LogP contribution in [-0.4, -0.2) is 18.4 Å². The van der Waals surface area contributed by atoms with Gasteiger partial charge in [-0.2, -0.15) is 0 Å². The van der Waals surface area contributed by atoms with Crippen LogP contribution in [0.25, 0.3) is 0 Å². The third kappa shape index (κ3) is 2.10. The van der Waals surface area contributed by atoms with Gasteiger partial charge in [-0.05, 0) is 37.5 Å². The van der Waals surface area contributed by atoms with Crippen LogP contribution in [0.3, 0.4) is 0 Å². The van der Waals surface area contributed by atoms with E-state index in [-0.39, 0.29) is 11.8 Å². The van der Waals surface area contributed by atoms with Crippen LogP contribution in [0, 0.1) is 0 Å². The molecule has 3 heteroatoms. The first-order valence-electron chi connectivity index (χ1n) is 4.64. The first kappa shape index (κ1) is 10.7. The van der Waals surface area contributed by atoms with Crippen molar-refractivity contribution in [3.8, 4) is 0 Å². The van der Waals surface area contributed by atoms with Gasteiger partial charge in [0, 0.05) is 12.5 Å². The zero-order valence-corrected chi connectivity index (χ0v) is 8.72. The van der Waals surface area contributed by atoms with Crippen LogP contribution >= 0.6 is 0 Å². The van der Waals surface area contributed by atoms with Crippen LogP contribution in [0.2, 0.25) is 0 Å². The molecule has 0 bridgehead atoms. The van der Waals surface area contributed by atoms with Gasteiger partial charge in [0.05, 0.1) is 6.61 Å². The molecule has 0 unspecified atom stereocenters. The standard InChI is InChI=1S/C11H14O3/c1-4-14-11(13)6-9-5-10(12)8(3)7(9)2/h6H,4-5H2,1-3H3/b9-6+. The Kier molecular flexibility index (Phi) is 3.23. The predicted molar refractivity (Wildman–Crippen MR) is 52.7 cm³/mol. The molecule has 0 aromatic carbocycles. The molecule has 1 aliphatic carbocycles. The number of esters is 1. The molecule has 0 aromatic heterocycles. The van der Waals surface area contributed by atoms with E-state index in [0.29, 0.717) is 13.0 Å². The predicted octanol–water partition coefficient (Wildman–Crippen LogP) is 1.79. The van der Waals surface area contributed by atoms with Crippen molar-refractivity contribution in [2.24, 2.45) is 0 Å². The Balaban J connectivity index is 2.82. The fourth-order valence-corrected chi connectivity index (χ4v) is 1.37. The van der Waals surface area contributed by atoms with Crippen LogP contribution in [0.5, 0.6) is 0 Å². The van der Waals surface area contributed by atoms with Gasteiger partial charge in [0.15, 0.2) is 5.78 Å². The van der Waals surface area contributed by atoms with Crippen LogP contribution < -0.4 is 0 Å². The van der Waals surface area contributed by atoms with Gasteiger partial charge in [0.2, 0.25) is 0 Å². The Morgan fingerprint density at radius 1 is 1.43 bits per heavy atom. The number of Topliss-reactive ketones (excluding diaryl/α,β-unsaturated/α-hetero) is 1. The third-order valence-corrected chi connectivity index (χ3v) is 2.39. The number of ketones is 1. The molecule has 0 saturated carbocycles. The summed E-state index contributed by atoms with van der Waals surface area (Å²) in [5.41, 5.74) is 2.44. The second-order valence-electron chi connectivity index (χ2n) is 3.27. The fraction of sp³-hybridized carbons (Fsp3) is 0.455. The molecule has 1 aliphatic rings. The molecule has 76 valence electrons. The van der Waals surface area contributed by atoms with Gasteiger partial charge in [-0.1, -0.05) is 0 Å². The van der Waals surface area contributed by atoms with Crippen LogP contribution in [0.15, 0.2) is 22.8 Å². The van der Waals surface area contributed by atoms with Gasteiger partial charge in [0.25, 0.3) is 0 Å². The van der Waals surface area contributed by atoms with Crippen molar-refractivity contribution in [3.63, 3.8) is 0 Å². The first-order valence-corrected chi connectivity index (χ1v) is 4.64. The van der Waals surface area contributed by atoms with Gasteiger partial charge in [0.1, 0.15) is 0 Å². The summed E-state index contributed by atoms with van der Waals surface area (Å²) in [7, 11) is 0. The first-order chi connectivity index (χ1) is 6.56. The van der Waals surface area contributed by atoms with Crippen LogP contribution in [-0.2, 0) is 14.3 Å². The second-order valence-corrected chi connectivity index (χ2v) is 3.27. The average Bonchev–Trinajstić information content (AvgIpc) is 2.34. The van der Waals surface area contributed by atoms with Crippen LogP contribution in [0.4, 0.5) is 0 Å². The van der Waals surface area contributed by atoms with Gasteiger partial charge in [-0.3, -0.25) is 4.79 Å². The lowest BCUT2D eigenvalue weighted by Gasteiger charge is -1.99. The minimum Gasteiger partial charge on any atom is -0.463 e. The highest BCUT2D eigenvalue weighted by Gasteiger charge is 2.21. The van der Waals surface area contributed by atoms with E-state index < -0.39 is 0 Å². The van der Waals surface area contributed by atoms with Crippen molar-refractivity contribution in [3.05, 3.63) is 22.8 Å². The monoisotopic (exact) mass is 194 g/mol. The van der Waals surface area contributed by atoms with Gasteiger partial charge >= 0.3 is 5.97 Å². The lowest BCUT2D eigenvalue weighted by molar-refractivity contribution is -0.137. The summed E-state index contributed by atoms with van der Waals surface area (Å²) < 4.78 is 4.77. The number of hydrogen-bond acceptors (Lipinski definition) is 3. The Morgan fingerprint density at radius 3 is 2.50 bits per heavy atom. The van der Waals surface area contributed by atoms with E-state index in [1.165, 1.54) is 6.08 Å². The summed E-state index contributed by atoms with van der Waals surface area (Å²) in [5, 5.41) is 0. The molecule has 3 nitrogen and oxygen atoms in total. The highest BCUT2D eigenvalue weighted by atomic mass is 16.5. The smallest absolute Gasteiger partial charge is 0.331 e. The molecular weight excluding hydrogens is 180 g/mol. The van der Waals surface area contributed by atoms with Crippen molar-refractivity contribution in [2.75, 3.05) is 6.61 Å². The Hall–Kier alpha value is -1.38. The maximum atomic E-state index is 11.3. The van der Waals surface area contributed by atoms with Crippen molar-refractivity contribution >= 4 is 11.8 Å². The summed E-state index contributed by atoms with van der Waals surface area (Å²) >= 11 is 0. The zero-order chi connectivity index (χ0) is 10.7. The molecule has 0 heterocycles. The van der Waals surface area contributed by atoms with E-state index in [1.54, 1.807) is 13.8 Å². The molecule has 0 spiro atoms. The van der Waals surface area contributed by atoms with Crippen LogP contribution in [0.1, 0.15) is 27.2 Å². The Labute approximate surface area is 83.4 Å². The van der Waals surface area contributed by atoms with E-state index in [9.17, 15) is 9.59 Å². The highest BCUT2D eigenvalue weighted by Crippen LogP contribution is 2.27. The molecule has 0 saturated heterocycles. The fourth-order valence-electron chi connectivity index (χ4n) is 1.37. The number of carbonyl (C=O) groups is 2. The van der Waals surface area contributed by atoms with E-state index in [2.05, 4.69) is 0 Å². The Bertz CT molecular complexity index is 334. The summed E-state index contributed by atoms with van der Waals surface area (Å²) in [6.07, 6.45) is 1.74. The zero-order valence-electron chi connectivity index (χ0n) is 8.72. The molecule has 0 atom stereocenters. The summed E-state index contributed by atoms with van der Waals surface area (Å²) in [6.45, 7) is 5.75. The molecule has 0 fully saturated rings. The molecule has 1 rings (SSSR count). The van der Waals surface area contributed by atoms with E-state index >= 15 is 0 Å². The second kappa shape index (κ2) is 4.22. The van der Waals surface area contributed by atoms with E-state index in [4.69, 9.17) is 4.74 Å². The number of carbonyl (C=O) groups excluding carboxylic acids is 2. The average molecular weight is 194 g/mol. The maximum Gasteiger partial charge on any atom is 0.331 e. The summed E-state index contributed by atoms with van der Waals surface area (Å²) in [6, 6.07) is 0. The SMILES string of the molecule is CCOC(=O)/C=C1\CC(=O)C(C)=C1C. The van der Waals surface area contributed by atoms with Gasteiger partial charge < -0.3 is 4.74 Å². The topological polar surface area (TPSA) is 43.4 Å². The molecule has 0 aromatic rings. The van der Waals surface area contributed by atoms with Gasteiger partial charge in [-0.25, -0.2) is 4.79 Å². The number of ether oxygens (including phenoxy) is 1. The third-order valence-electron chi connectivity index (χ3n) is 2.39. The van der Waals surface area contributed by atoms with Crippen molar-refractivity contribution in [1.82, 2.24) is 0 Å². The molecule has 0 N–H and O–H groups in total. The minimum absolute atomic E-state index is 0.0954. The maximum absolute atomic E-state index is 11.3. The quantitative estimate of drug-likeness (QED) is 0.497. The highest BCUT2D eigenvalue weighted by molar-refractivity contribution is 6.03. The van der Waals surface area contributed by atoms with Crippen molar-refractivity contribution in [2.45, 2.75) is 27.2 Å². The van der Waals surface area contributed by atoms with Gasteiger partial charge in [-0.15, -0.1) is 0 Å². The normalized spacial score (nSPS) is 19.4. The number of rotatable bonds is 2. The molecule has 0 radical (unpaired) electrons. The lowest BCUT2D eigenvalue weighted by atomic mass is 10.1. The number of allylic oxidation sites excluding steroid dienone is 3. The summed E-state index contributed by atoms with van der Waals surface area (Å²) in [4.78, 5) is 22.4. The van der Waals surface area contributed by atoms with Crippen molar-refractivity contribution < 1.29 is 14.3 Å². The minimum atomic E-state index is -0.371.